The van der Waals surface area contributed by atoms with Gasteiger partial charge in [-0.05, 0) is 37.1 Å². The molecule has 140 valence electrons. The molecule has 2 aromatic carbocycles. The lowest BCUT2D eigenvalue weighted by Crippen LogP contribution is -2.28. The van der Waals surface area contributed by atoms with Crippen molar-refractivity contribution in [2.24, 2.45) is 0 Å². The van der Waals surface area contributed by atoms with E-state index >= 15 is 0 Å². The third kappa shape index (κ3) is 4.19. The van der Waals surface area contributed by atoms with E-state index in [-0.39, 0.29) is 0 Å². The van der Waals surface area contributed by atoms with Crippen molar-refractivity contribution in [3.8, 4) is 17.1 Å². The molecule has 1 atom stereocenters. The molecule has 2 heterocycles. The van der Waals surface area contributed by atoms with E-state index in [0.29, 0.717) is 24.3 Å². The normalized spacial score (nSPS) is 18.2. The summed E-state index contributed by atoms with van der Waals surface area (Å²) < 4.78 is 10.9. The molecule has 27 heavy (non-hydrogen) atoms. The summed E-state index contributed by atoms with van der Waals surface area (Å²) in [7, 11) is 1.70. The van der Waals surface area contributed by atoms with Gasteiger partial charge < -0.3 is 9.26 Å². The van der Waals surface area contributed by atoms with Crippen molar-refractivity contribution in [2.75, 3.05) is 13.7 Å². The molecule has 5 nitrogen and oxygen atoms in total. The van der Waals surface area contributed by atoms with Crippen LogP contribution in [0.2, 0.25) is 0 Å². The molecule has 0 amide bonds. The highest BCUT2D eigenvalue weighted by molar-refractivity contribution is 5.53. The van der Waals surface area contributed by atoms with Gasteiger partial charge in [0, 0.05) is 11.6 Å². The van der Waals surface area contributed by atoms with Crippen LogP contribution < -0.4 is 4.74 Å². The number of ether oxygens (including phenoxy) is 1. The molecule has 0 aliphatic carbocycles. The van der Waals surface area contributed by atoms with Gasteiger partial charge in [-0.15, -0.1) is 0 Å². The van der Waals surface area contributed by atoms with E-state index < -0.39 is 0 Å². The summed E-state index contributed by atoms with van der Waals surface area (Å²) in [6, 6.07) is 18.8. The number of hydrogen-bond donors (Lipinski definition) is 0. The molecule has 5 heteroatoms. The number of aromatic nitrogens is 2. The predicted molar refractivity (Wildman–Crippen MR) is 104 cm³/mol. The summed E-state index contributed by atoms with van der Waals surface area (Å²) in [6.45, 7) is 1.72. The topological polar surface area (TPSA) is 51.4 Å². The fraction of sp³-hybridized carbons (Fsp3) is 0.364. The molecule has 1 aliphatic rings. The van der Waals surface area contributed by atoms with E-state index in [0.717, 1.165) is 24.3 Å². The third-order valence-electron chi connectivity index (χ3n) is 5.20. The smallest absolute Gasteiger partial charge is 0.241 e. The highest BCUT2D eigenvalue weighted by Gasteiger charge is 2.24. The molecule has 1 aromatic heterocycles. The molecular formula is C22H25N3O2. The van der Waals surface area contributed by atoms with Crippen molar-refractivity contribution in [1.82, 2.24) is 15.0 Å². The van der Waals surface area contributed by atoms with Crippen LogP contribution in [0.15, 0.2) is 59.1 Å². The minimum Gasteiger partial charge on any atom is -0.497 e. The number of rotatable bonds is 5. The van der Waals surface area contributed by atoms with Gasteiger partial charge in [0.15, 0.2) is 0 Å². The molecule has 0 saturated carbocycles. The molecule has 1 fully saturated rings. The molecule has 0 radical (unpaired) electrons. The summed E-state index contributed by atoms with van der Waals surface area (Å²) in [4.78, 5) is 7.09. The first-order valence-corrected chi connectivity index (χ1v) is 9.59. The van der Waals surface area contributed by atoms with Crippen molar-refractivity contribution in [2.45, 2.75) is 38.3 Å². The van der Waals surface area contributed by atoms with Crippen LogP contribution in [0.1, 0.15) is 43.2 Å². The lowest BCUT2D eigenvalue weighted by atomic mass is 10.0. The van der Waals surface area contributed by atoms with Crippen molar-refractivity contribution in [1.29, 1.82) is 0 Å². The zero-order valence-electron chi connectivity index (χ0n) is 15.7. The van der Waals surface area contributed by atoms with Gasteiger partial charge in [-0.1, -0.05) is 60.5 Å². The fourth-order valence-electron chi connectivity index (χ4n) is 3.76. The van der Waals surface area contributed by atoms with Crippen LogP contribution in [0.5, 0.6) is 5.75 Å². The maximum Gasteiger partial charge on any atom is 0.241 e. The van der Waals surface area contributed by atoms with Crippen molar-refractivity contribution in [3.05, 3.63) is 66.1 Å². The number of benzene rings is 2. The average molecular weight is 363 g/mol. The second-order valence-corrected chi connectivity index (χ2v) is 6.99. The molecule has 1 saturated heterocycles. The Hall–Kier alpha value is -2.66. The lowest BCUT2D eigenvalue weighted by molar-refractivity contribution is 0.168. The predicted octanol–water partition coefficient (Wildman–Crippen LogP) is 4.86. The molecule has 0 spiro atoms. The van der Waals surface area contributed by atoms with Crippen LogP contribution in [-0.2, 0) is 6.54 Å². The second-order valence-electron chi connectivity index (χ2n) is 6.99. The monoisotopic (exact) mass is 363 g/mol. The molecular weight excluding hydrogens is 338 g/mol. The fourth-order valence-corrected chi connectivity index (χ4v) is 3.76. The number of hydrogen-bond acceptors (Lipinski definition) is 5. The van der Waals surface area contributed by atoms with Crippen LogP contribution >= 0.6 is 0 Å². The molecule has 0 N–H and O–H groups in total. The maximum absolute atomic E-state index is 5.56. The van der Waals surface area contributed by atoms with Gasteiger partial charge in [-0.2, -0.15) is 4.98 Å². The number of likely N-dealkylation sites (tertiary alicyclic amines) is 1. The Morgan fingerprint density at radius 1 is 1.04 bits per heavy atom. The SMILES string of the molecule is COc1ccc(C2CCCCCN2Cc2nc(-c3ccccc3)no2)cc1. The van der Waals surface area contributed by atoms with Gasteiger partial charge in [0.1, 0.15) is 5.75 Å². The maximum atomic E-state index is 5.56. The van der Waals surface area contributed by atoms with Crippen molar-refractivity contribution >= 4 is 0 Å². The zero-order valence-corrected chi connectivity index (χ0v) is 15.7. The zero-order chi connectivity index (χ0) is 18.5. The highest BCUT2D eigenvalue weighted by Crippen LogP contribution is 2.32. The summed E-state index contributed by atoms with van der Waals surface area (Å²) in [5.74, 6) is 2.22. The first-order valence-electron chi connectivity index (χ1n) is 9.59. The molecule has 1 unspecified atom stereocenters. The third-order valence-corrected chi connectivity index (χ3v) is 5.20. The Morgan fingerprint density at radius 2 is 1.85 bits per heavy atom. The Bertz CT molecular complexity index is 846. The van der Waals surface area contributed by atoms with E-state index in [4.69, 9.17) is 9.26 Å². The Kier molecular flexibility index (Phi) is 5.49. The van der Waals surface area contributed by atoms with E-state index in [9.17, 15) is 0 Å². The van der Waals surface area contributed by atoms with Gasteiger partial charge in [-0.25, -0.2) is 0 Å². The molecule has 1 aliphatic heterocycles. The lowest BCUT2D eigenvalue weighted by Gasteiger charge is -2.29. The van der Waals surface area contributed by atoms with Crippen LogP contribution in [0.25, 0.3) is 11.4 Å². The summed E-state index contributed by atoms with van der Waals surface area (Å²) in [5, 5.41) is 4.17. The minimum atomic E-state index is 0.366. The van der Waals surface area contributed by atoms with Crippen molar-refractivity contribution < 1.29 is 9.26 Å². The quantitative estimate of drug-likeness (QED) is 0.648. The number of methoxy groups -OCH3 is 1. The number of nitrogens with zero attached hydrogens (tertiary/aromatic N) is 3. The Morgan fingerprint density at radius 3 is 2.63 bits per heavy atom. The van der Waals surface area contributed by atoms with E-state index in [1.54, 1.807) is 7.11 Å². The van der Waals surface area contributed by atoms with Crippen molar-refractivity contribution in [3.63, 3.8) is 0 Å². The van der Waals surface area contributed by atoms with Crippen LogP contribution in [0, 0.1) is 0 Å². The second kappa shape index (κ2) is 8.35. The summed E-state index contributed by atoms with van der Waals surface area (Å²) >= 11 is 0. The molecule has 0 bridgehead atoms. The summed E-state index contributed by atoms with van der Waals surface area (Å²) in [5.41, 5.74) is 2.30. The summed E-state index contributed by atoms with van der Waals surface area (Å²) in [6.07, 6.45) is 4.85. The van der Waals surface area contributed by atoms with E-state index in [1.165, 1.54) is 24.8 Å². The Labute approximate surface area is 160 Å². The first kappa shape index (κ1) is 17.7. The van der Waals surface area contributed by atoms with Gasteiger partial charge in [0.05, 0.1) is 13.7 Å². The van der Waals surface area contributed by atoms with Gasteiger partial charge >= 0.3 is 0 Å². The standard InChI is InChI=1S/C22H25N3O2/c1-26-19-13-11-17(12-14-19)20-10-6-3-7-15-25(20)16-21-23-22(24-27-21)18-8-4-2-5-9-18/h2,4-5,8-9,11-14,20H,3,6-7,10,15-16H2,1H3. The van der Waals surface area contributed by atoms with E-state index in [1.807, 2.05) is 42.5 Å². The first-order chi connectivity index (χ1) is 13.3. The largest absolute Gasteiger partial charge is 0.497 e. The van der Waals surface area contributed by atoms with E-state index in [2.05, 4.69) is 27.2 Å². The van der Waals surface area contributed by atoms with Crippen LogP contribution in [-0.4, -0.2) is 28.7 Å². The van der Waals surface area contributed by atoms with Gasteiger partial charge in [0.2, 0.25) is 11.7 Å². The minimum absolute atomic E-state index is 0.366. The highest BCUT2D eigenvalue weighted by atomic mass is 16.5. The molecule has 4 rings (SSSR count). The van der Waals surface area contributed by atoms with Crippen LogP contribution in [0.3, 0.4) is 0 Å². The van der Waals surface area contributed by atoms with Gasteiger partial charge in [-0.3, -0.25) is 4.90 Å². The average Bonchev–Trinajstić information content (AvgIpc) is 3.07. The molecule has 3 aromatic rings. The Balaban J connectivity index is 1.53. The van der Waals surface area contributed by atoms with Gasteiger partial charge in [0.25, 0.3) is 0 Å². The van der Waals surface area contributed by atoms with Crippen LogP contribution in [0.4, 0.5) is 0 Å².